The Morgan fingerprint density at radius 3 is 2.68 bits per heavy atom. The van der Waals surface area contributed by atoms with Crippen LogP contribution in [-0.2, 0) is 6.42 Å². The van der Waals surface area contributed by atoms with E-state index in [1.807, 2.05) is 6.07 Å². The zero-order valence-electron chi connectivity index (χ0n) is 17.7. The molecule has 0 amide bonds. The maximum absolute atomic E-state index is 5.43. The Morgan fingerprint density at radius 2 is 1.93 bits per heavy atom. The standard InChI is InChI=1S/C22H32N4O2/c1-16-17(2)23-15-24-22(16)26-11-6-7-19(14-26)25(3)12-10-18-8-9-20(27-4)21(13-18)28-5/h8-9,13,15,19H,6-7,10-12,14H2,1-5H3/t19-/m1/s1. The van der Waals surface area contributed by atoms with E-state index in [-0.39, 0.29) is 0 Å². The molecule has 3 rings (SSSR count). The number of nitrogens with zero attached hydrogens (tertiary/aromatic N) is 4. The molecule has 0 radical (unpaired) electrons. The zero-order chi connectivity index (χ0) is 20.1. The quantitative estimate of drug-likeness (QED) is 0.730. The molecule has 28 heavy (non-hydrogen) atoms. The van der Waals surface area contributed by atoms with Crippen LogP contribution in [-0.4, -0.2) is 61.8 Å². The largest absolute Gasteiger partial charge is 0.493 e. The van der Waals surface area contributed by atoms with Gasteiger partial charge in [-0.25, -0.2) is 9.97 Å². The molecule has 2 aromatic rings. The van der Waals surface area contributed by atoms with Crippen LogP contribution < -0.4 is 14.4 Å². The highest BCUT2D eigenvalue weighted by Crippen LogP contribution is 2.28. The molecule has 0 bridgehead atoms. The van der Waals surface area contributed by atoms with E-state index >= 15 is 0 Å². The third-order valence-electron chi connectivity index (χ3n) is 5.83. The summed E-state index contributed by atoms with van der Waals surface area (Å²) in [5, 5.41) is 0. The predicted octanol–water partition coefficient (Wildman–Crippen LogP) is 3.25. The van der Waals surface area contributed by atoms with Crippen LogP contribution in [0, 0.1) is 13.8 Å². The van der Waals surface area contributed by atoms with Crippen molar-refractivity contribution in [3.05, 3.63) is 41.3 Å². The summed E-state index contributed by atoms with van der Waals surface area (Å²) in [6.07, 6.45) is 5.08. The minimum atomic E-state index is 0.531. The van der Waals surface area contributed by atoms with Crippen molar-refractivity contribution >= 4 is 5.82 Å². The minimum absolute atomic E-state index is 0.531. The summed E-state index contributed by atoms with van der Waals surface area (Å²) in [5.74, 6) is 2.66. The van der Waals surface area contributed by atoms with Crippen LogP contribution in [0.1, 0.15) is 29.7 Å². The van der Waals surface area contributed by atoms with E-state index in [0.29, 0.717) is 6.04 Å². The second kappa shape index (κ2) is 9.24. The van der Waals surface area contributed by atoms with Crippen LogP contribution in [0.2, 0.25) is 0 Å². The molecule has 0 spiro atoms. The maximum atomic E-state index is 5.43. The van der Waals surface area contributed by atoms with Crippen molar-refractivity contribution in [3.8, 4) is 11.5 Å². The molecule has 1 fully saturated rings. The second-order valence-electron chi connectivity index (χ2n) is 7.57. The van der Waals surface area contributed by atoms with E-state index in [0.717, 1.165) is 49.1 Å². The first kappa shape index (κ1) is 20.4. The van der Waals surface area contributed by atoms with Gasteiger partial charge in [0.2, 0.25) is 0 Å². The zero-order valence-corrected chi connectivity index (χ0v) is 17.7. The highest BCUT2D eigenvalue weighted by atomic mass is 16.5. The molecule has 2 heterocycles. The van der Waals surface area contributed by atoms with E-state index in [2.05, 4.69) is 52.8 Å². The van der Waals surface area contributed by atoms with Gasteiger partial charge < -0.3 is 19.3 Å². The summed E-state index contributed by atoms with van der Waals surface area (Å²) in [6, 6.07) is 6.71. The lowest BCUT2D eigenvalue weighted by molar-refractivity contribution is 0.217. The van der Waals surface area contributed by atoms with Gasteiger partial charge in [-0.15, -0.1) is 0 Å². The number of benzene rings is 1. The van der Waals surface area contributed by atoms with Crippen molar-refractivity contribution in [2.45, 2.75) is 39.2 Å². The number of methoxy groups -OCH3 is 2. The molecule has 6 nitrogen and oxygen atoms in total. The first-order chi connectivity index (χ1) is 13.5. The lowest BCUT2D eigenvalue weighted by Crippen LogP contribution is -2.47. The molecule has 1 aromatic heterocycles. The van der Waals surface area contributed by atoms with Crippen LogP contribution in [0.4, 0.5) is 5.82 Å². The number of rotatable bonds is 7. The molecule has 0 saturated carbocycles. The number of aromatic nitrogens is 2. The number of hydrogen-bond acceptors (Lipinski definition) is 6. The molecule has 0 aliphatic carbocycles. The molecule has 1 atom stereocenters. The van der Waals surface area contributed by atoms with Crippen molar-refractivity contribution in [1.29, 1.82) is 0 Å². The first-order valence-electron chi connectivity index (χ1n) is 9.97. The fourth-order valence-corrected chi connectivity index (χ4v) is 3.88. The van der Waals surface area contributed by atoms with Crippen molar-refractivity contribution < 1.29 is 9.47 Å². The third-order valence-corrected chi connectivity index (χ3v) is 5.83. The molecule has 0 unspecified atom stereocenters. The summed E-state index contributed by atoms with van der Waals surface area (Å²) >= 11 is 0. The summed E-state index contributed by atoms with van der Waals surface area (Å²) in [6.45, 7) is 7.26. The highest BCUT2D eigenvalue weighted by Gasteiger charge is 2.25. The van der Waals surface area contributed by atoms with Crippen molar-refractivity contribution in [2.75, 3.05) is 45.8 Å². The molecule has 1 aliphatic heterocycles. The fourth-order valence-electron chi connectivity index (χ4n) is 3.88. The van der Waals surface area contributed by atoms with Gasteiger partial charge in [0.05, 0.1) is 14.2 Å². The Balaban J connectivity index is 1.61. The molecule has 1 aliphatic rings. The molecular formula is C22H32N4O2. The van der Waals surface area contributed by atoms with Gasteiger partial charge in [-0.2, -0.15) is 0 Å². The van der Waals surface area contributed by atoms with E-state index < -0.39 is 0 Å². The number of ether oxygens (including phenoxy) is 2. The van der Waals surface area contributed by atoms with Gasteiger partial charge >= 0.3 is 0 Å². The molecule has 0 N–H and O–H groups in total. The van der Waals surface area contributed by atoms with Gasteiger partial charge in [0, 0.05) is 36.9 Å². The van der Waals surface area contributed by atoms with Gasteiger partial charge in [-0.1, -0.05) is 6.07 Å². The smallest absolute Gasteiger partial charge is 0.160 e. The Bertz CT molecular complexity index is 796. The number of aryl methyl sites for hydroxylation is 1. The van der Waals surface area contributed by atoms with E-state index in [1.54, 1.807) is 20.5 Å². The summed E-state index contributed by atoms with van der Waals surface area (Å²) in [4.78, 5) is 13.8. The minimum Gasteiger partial charge on any atom is -0.493 e. The van der Waals surface area contributed by atoms with E-state index in [4.69, 9.17) is 9.47 Å². The molecular weight excluding hydrogens is 352 g/mol. The van der Waals surface area contributed by atoms with Crippen molar-refractivity contribution in [2.24, 2.45) is 0 Å². The number of piperidine rings is 1. The second-order valence-corrected chi connectivity index (χ2v) is 7.57. The van der Waals surface area contributed by atoms with E-state index in [9.17, 15) is 0 Å². The fraction of sp³-hybridized carbons (Fsp3) is 0.545. The van der Waals surface area contributed by atoms with Gasteiger partial charge in [-0.05, 0) is 57.9 Å². The van der Waals surface area contributed by atoms with E-state index in [1.165, 1.54) is 24.0 Å². The molecule has 1 saturated heterocycles. The average Bonchev–Trinajstić information content (AvgIpc) is 2.73. The Labute approximate surface area is 168 Å². The van der Waals surface area contributed by atoms with Crippen LogP contribution in [0.15, 0.2) is 24.5 Å². The van der Waals surface area contributed by atoms with Gasteiger partial charge in [0.25, 0.3) is 0 Å². The normalized spacial score (nSPS) is 17.1. The Kier molecular flexibility index (Phi) is 6.73. The van der Waals surface area contributed by atoms with Crippen molar-refractivity contribution in [3.63, 3.8) is 0 Å². The van der Waals surface area contributed by atoms with Crippen LogP contribution in [0.25, 0.3) is 0 Å². The van der Waals surface area contributed by atoms with Crippen molar-refractivity contribution in [1.82, 2.24) is 14.9 Å². The molecule has 152 valence electrons. The molecule has 6 heteroatoms. The SMILES string of the molecule is COc1ccc(CCN(C)[C@@H]2CCCN(c3ncnc(C)c3C)C2)cc1OC. The van der Waals surface area contributed by atoms with Gasteiger partial charge in [-0.3, -0.25) is 0 Å². The Morgan fingerprint density at radius 1 is 1.14 bits per heavy atom. The first-order valence-corrected chi connectivity index (χ1v) is 9.97. The predicted molar refractivity (Wildman–Crippen MR) is 113 cm³/mol. The molecule has 1 aromatic carbocycles. The Hall–Kier alpha value is -2.34. The lowest BCUT2D eigenvalue weighted by atomic mass is 10.0. The number of hydrogen-bond donors (Lipinski definition) is 0. The lowest BCUT2D eigenvalue weighted by Gasteiger charge is -2.38. The van der Waals surface area contributed by atoms with Crippen LogP contribution in [0.5, 0.6) is 11.5 Å². The number of likely N-dealkylation sites (N-methyl/N-ethyl adjacent to an activating group) is 1. The highest BCUT2D eigenvalue weighted by molar-refractivity contribution is 5.48. The average molecular weight is 385 g/mol. The topological polar surface area (TPSA) is 50.7 Å². The van der Waals surface area contributed by atoms with Gasteiger partial charge in [0.15, 0.2) is 11.5 Å². The third kappa shape index (κ3) is 4.55. The summed E-state index contributed by atoms with van der Waals surface area (Å²) < 4.78 is 10.8. The summed E-state index contributed by atoms with van der Waals surface area (Å²) in [5.41, 5.74) is 3.52. The maximum Gasteiger partial charge on any atom is 0.160 e. The number of anilines is 1. The van der Waals surface area contributed by atoms with Crippen LogP contribution >= 0.6 is 0 Å². The summed E-state index contributed by atoms with van der Waals surface area (Å²) in [7, 11) is 5.58. The van der Waals surface area contributed by atoms with Gasteiger partial charge in [0.1, 0.15) is 12.1 Å². The van der Waals surface area contributed by atoms with Crippen LogP contribution in [0.3, 0.4) is 0 Å². The monoisotopic (exact) mass is 384 g/mol.